The molecule has 4 amide bonds. The number of imidazole rings is 1. The monoisotopic (exact) mass is 658 g/mol. The zero-order valence-electron chi connectivity index (χ0n) is 30.3. The standard InChI is InChI=1S/C34H58N6O5Si/c1-14-27(33(44)38(10)22(4)32(43)39(11)29(31(35)42)19-21(2)3)40(24(6)41)28(23(5)45-46(12,13)34(7,8)9)20-30-36-25-17-15-16-18-26(25)37-30/h15-18,21-23,27-29H,14,19-20H2,1-13H3,(H2,35,42)(H,36,37)/t22-,23+,27+,28-,29+/m1/s1. The molecule has 5 atom stereocenters. The highest BCUT2D eigenvalue weighted by Gasteiger charge is 2.44. The fourth-order valence-electron chi connectivity index (χ4n) is 5.64. The quantitative estimate of drug-likeness (QED) is 0.266. The zero-order valence-corrected chi connectivity index (χ0v) is 31.3. The Hall–Kier alpha value is -3.25. The molecule has 1 aromatic carbocycles. The lowest BCUT2D eigenvalue weighted by Crippen LogP contribution is -2.61. The first-order valence-corrected chi connectivity index (χ1v) is 19.3. The summed E-state index contributed by atoms with van der Waals surface area (Å²) in [5.41, 5.74) is 7.35. The molecule has 11 nitrogen and oxygen atoms in total. The minimum atomic E-state index is -2.28. The summed E-state index contributed by atoms with van der Waals surface area (Å²) in [7, 11) is 0.816. The largest absolute Gasteiger partial charge is 0.412 e. The minimum absolute atomic E-state index is 0.0768. The molecule has 1 heterocycles. The maximum absolute atomic E-state index is 14.2. The van der Waals surface area contributed by atoms with Gasteiger partial charge in [-0.05, 0) is 62.9 Å². The highest BCUT2D eigenvalue weighted by Crippen LogP contribution is 2.38. The van der Waals surface area contributed by atoms with Gasteiger partial charge in [0.05, 0.1) is 23.2 Å². The molecule has 3 N–H and O–H groups in total. The minimum Gasteiger partial charge on any atom is -0.412 e. The molecule has 0 saturated carbocycles. The lowest BCUT2D eigenvalue weighted by atomic mass is 10.00. The number of hydrogen-bond donors (Lipinski definition) is 2. The molecular formula is C34H58N6O5Si. The number of benzene rings is 1. The first kappa shape index (κ1) is 38.9. The van der Waals surface area contributed by atoms with Crippen LogP contribution in [0.25, 0.3) is 11.0 Å². The number of H-pyrrole nitrogens is 1. The molecule has 0 saturated heterocycles. The Morgan fingerprint density at radius 1 is 0.978 bits per heavy atom. The summed E-state index contributed by atoms with van der Waals surface area (Å²) in [4.78, 5) is 66.1. The first-order valence-electron chi connectivity index (χ1n) is 16.4. The number of fused-ring (bicyclic) bond motifs is 1. The van der Waals surface area contributed by atoms with Crippen LogP contribution in [0, 0.1) is 5.92 Å². The van der Waals surface area contributed by atoms with Crippen LogP contribution in [-0.2, 0) is 30.0 Å². The molecule has 0 unspecified atom stereocenters. The summed E-state index contributed by atoms with van der Waals surface area (Å²) >= 11 is 0. The molecule has 0 fully saturated rings. The van der Waals surface area contributed by atoms with Gasteiger partial charge in [-0.2, -0.15) is 0 Å². The van der Waals surface area contributed by atoms with Crippen molar-refractivity contribution >= 4 is 43.0 Å². The van der Waals surface area contributed by atoms with Crippen LogP contribution in [0.1, 0.15) is 81.0 Å². The second kappa shape index (κ2) is 15.6. The number of rotatable bonds is 15. The smallest absolute Gasteiger partial charge is 0.245 e. The van der Waals surface area contributed by atoms with Gasteiger partial charge in [-0.1, -0.05) is 53.7 Å². The van der Waals surface area contributed by atoms with E-state index >= 15 is 0 Å². The van der Waals surface area contributed by atoms with Gasteiger partial charge in [0.15, 0.2) is 8.32 Å². The number of hydrogen-bond acceptors (Lipinski definition) is 6. The average molecular weight is 659 g/mol. The van der Waals surface area contributed by atoms with E-state index in [9.17, 15) is 19.2 Å². The zero-order chi connectivity index (χ0) is 35.3. The Balaban J connectivity index is 2.51. The number of likely N-dealkylation sites (N-methyl/N-ethyl adjacent to an activating group) is 2. The SMILES string of the molecule is CC[C@@H](C(=O)N(C)[C@H](C)C(=O)N(C)[C@@H](CC(C)C)C(N)=O)N(C(C)=O)[C@H](Cc1nc2ccccc2[nH]1)[C@H](C)O[Si](C)(C)C(C)(C)C. The number of aromatic amines is 1. The van der Waals surface area contributed by atoms with Crippen molar-refractivity contribution in [1.29, 1.82) is 0 Å². The van der Waals surface area contributed by atoms with Gasteiger partial charge in [-0.3, -0.25) is 19.2 Å². The van der Waals surface area contributed by atoms with E-state index in [1.165, 1.54) is 23.8 Å². The van der Waals surface area contributed by atoms with E-state index in [1.807, 2.05) is 52.0 Å². The Bertz CT molecular complexity index is 1340. The summed E-state index contributed by atoms with van der Waals surface area (Å²) in [6, 6.07) is 4.63. The van der Waals surface area contributed by atoms with Crippen LogP contribution in [-0.4, -0.2) is 101 Å². The number of aromatic nitrogens is 2. The molecule has 1 aromatic heterocycles. The topological polar surface area (TPSA) is 142 Å². The number of carbonyl (C=O) groups excluding carboxylic acids is 4. The van der Waals surface area contributed by atoms with Crippen molar-refractivity contribution in [3.8, 4) is 0 Å². The summed E-state index contributed by atoms with van der Waals surface area (Å²) in [6.07, 6.45) is 0.639. The van der Waals surface area contributed by atoms with Crippen molar-refractivity contribution in [3.63, 3.8) is 0 Å². The Morgan fingerprint density at radius 2 is 1.57 bits per heavy atom. The fourth-order valence-corrected chi connectivity index (χ4v) is 7.08. The molecule has 46 heavy (non-hydrogen) atoms. The van der Waals surface area contributed by atoms with Crippen LogP contribution in [0.2, 0.25) is 18.1 Å². The molecular weight excluding hydrogens is 600 g/mol. The number of carbonyl (C=O) groups is 4. The Labute approximate surface area is 276 Å². The van der Waals surface area contributed by atoms with Gasteiger partial charge in [-0.15, -0.1) is 0 Å². The molecule has 12 heteroatoms. The molecule has 2 rings (SSSR count). The normalized spacial score (nSPS) is 15.6. The summed E-state index contributed by atoms with van der Waals surface area (Å²) in [5.74, 6) is -0.827. The van der Waals surface area contributed by atoms with Gasteiger partial charge in [0.1, 0.15) is 23.9 Å². The lowest BCUT2D eigenvalue weighted by molar-refractivity contribution is -0.153. The third-order valence-corrected chi connectivity index (χ3v) is 14.1. The predicted octanol–water partition coefficient (Wildman–Crippen LogP) is 4.72. The van der Waals surface area contributed by atoms with E-state index in [2.05, 4.69) is 38.8 Å². The van der Waals surface area contributed by atoms with Gasteiger partial charge in [0.25, 0.3) is 0 Å². The molecule has 258 valence electrons. The van der Waals surface area contributed by atoms with E-state index in [4.69, 9.17) is 15.1 Å². The molecule has 0 bridgehead atoms. The number of nitrogens with two attached hydrogens (primary N) is 1. The third-order valence-electron chi connectivity index (χ3n) is 9.52. The number of nitrogens with one attached hydrogen (secondary N) is 1. The van der Waals surface area contributed by atoms with Gasteiger partial charge >= 0.3 is 0 Å². The summed E-state index contributed by atoms with van der Waals surface area (Å²) < 4.78 is 6.85. The average Bonchev–Trinajstić information content (AvgIpc) is 3.37. The molecule has 0 spiro atoms. The van der Waals surface area contributed by atoms with Crippen LogP contribution in [0.3, 0.4) is 0 Å². The highest BCUT2D eigenvalue weighted by atomic mass is 28.4. The summed E-state index contributed by atoms with van der Waals surface area (Å²) in [5, 5.41) is -0.0768. The molecule has 0 aliphatic rings. The van der Waals surface area contributed by atoms with Gasteiger partial charge in [0, 0.05) is 27.4 Å². The maximum Gasteiger partial charge on any atom is 0.245 e. The second-order valence-corrected chi connectivity index (χ2v) is 19.3. The van der Waals surface area contributed by atoms with E-state index in [-0.39, 0.29) is 22.8 Å². The van der Waals surface area contributed by atoms with E-state index in [0.717, 1.165) is 11.0 Å². The third kappa shape index (κ3) is 9.18. The van der Waals surface area contributed by atoms with E-state index < -0.39 is 50.4 Å². The van der Waals surface area contributed by atoms with Crippen LogP contribution < -0.4 is 5.73 Å². The molecule has 0 aliphatic carbocycles. The first-order chi connectivity index (χ1) is 21.1. The van der Waals surface area contributed by atoms with Crippen molar-refractivity contribution in [2.45, 2.75) is 130 Å². The van der Waals surface area contributed by atoms with Crippen molar-refractivity contribution in [2.75, 3.05) is 14.1 Å². The Kier molecular flexibility index (Phi) is 13.2. The van der Waals surface area contributed by atoms with Crippen molar-refractivity contribution in [2.24, 2.45) is 11.7 Å². The van der Waals surface area contributed by atoms with Gasteiger partial charge < -0.3 is 29.8 Å². The van der Waals surface area contributed by atoms with Crippen LogP contribution >= 0.6 is 0 Å². The summed E-state index contributed by atoms with van der Waals surface area (Å²) in [6.45, 7) is 21.6. The number of primary amides is 1. The predicted molar refractivity (Wildman–Crippen MR) is 185 cm³/mol. The van der Waals surface area contributed by atoms with Crippen LogP contribution in [0.15, 0.2) is 24.3 Å². The van der Waals surface area contributed by atoms with Crippen LogP contribution in [0.4, 0.5) is 0 Å². The molecule has 2 aromatic rings. The number of nitrogens with zero attached hydrogens (tertiary/aromatic N) is 4. The van der Waals surface area contributed by atoms with Crippen molar-refractivity contribution in [3.05, 3.63) is 30.1 Å². The van der Waals surface area contributed by atoms with Gasteiger partial charge in [0.2, 0.25) is 23.6 Å². The van der Waals surface area contributed by atoms with Crippen molar-refractivity contribution < 1.29 is 23.6 Å². The van der Waals surface area contributed by atoms with Crippen LogP contribution in [0.5, 0.6) is 0 Å². The highest BCUT2D eigenvalue weighted by molar-refractivity contribution is 6.74. The van der Waals surface area contributed by atoms with Gasteiger partial charge in [-0.25, -0.2) is 4.98 Å². The van der Waals surface area contributed by atoms with Crippen molar-refractivity contribution in [1.82, 2.24) is 24.7 Å². The second-order valence-electron chi connectivity index (χ2n) is 14.5. The molecule has 0 aliphatic heterocycles. The number of amides is 4. The molecule has 0 radical (unpaired) electrons. The fraction of sp³-hybridized carbons (Fsp3) is 0.676. The van der Waals surface area contributed by atoms with E-state index in [1.54, 1.807) is 18.9 Å². The van der Waals surface area contributed by atoms with E-state index in [0.29, 0.717) is 25.1 Å². The number of para-hydroxylation sites is 2. The maximum atomic E-state index is 14.2. The lowest BCUT2D eigenvalue weighted by Gasteiger charge is -2.45. The Morgan fingerprint density at radius 3 is 2.04 bits per heavy atom.